The van der Waals surface area contributed by atoms with Gasteiger partial charge >= 0.3 is 0 Å². The van der Waals surface area contributed by atoms with Crippen LogP contribution in [0.4, 0.5) is 0 Å². The summed E-state index contributed by atoms with van der Waals surface area (Å²) < 4.78 is 0. The van der Waals surface area contributed by atoms with E-state index in [4.69, 9.17) is 10.2 Å². The molecule has 0 bridgehead atoms. The van der Waals surface area contributed by atoms with Crippen molar-refractivity contribution in [1.29, 1.82) is 0 Å². The largest absolute Gasteiger partial charge is 0.395 e. The number of rotatable bonds is 5. The lowest BCUT2D eigenvalue weighted by Crippen LogP contribution is -2.35. The van der Waals surface area contributed by atoms with Gasteiger partial charge in [0.1, 0.15) is 0 Å². The molecule has 4 nitrogen and oxygen atoms in total. The van der Waals surface area contributed by atoms with Crippen molar-refractivity contribution in [3.63, 3.8) is 0 Å². The third-order valence-corrected chi connectivity index (χ3v) is 3.17. The SMILES string of the molecule is O=C(c1cccc(C#CCCO)c1)N(CCO)C1CC1. The molecule has 0 heterocycles. The Hall–Kier alpha value is -1.83. The molecule has 0 radical (unpaired) electrons. The maximum absolute atomic E-state index is 12.4. The fourth-order valence-electron chi connectivity index (χ4n) is 2.06. The Kier molecular flexibility index (Phi) is 5.16. The van der Waals surface area contributed by atoms with Crippen LogP contribution in [0.3, 0.4) is 0 Å². The number of carbonyl (C=O) groups is 1. The standard InChI is InChI=1S/C16H19NO3/c18-10-2-1-4-13-5-3-6-14(12-13)16(20)17(9-11-19)15-7-8-15/h3,5-6,12,15,18-19H,2,7-11H2. The highest BCUT2D eigenvalue weighted by Crippen LogP contribution is 2.28. The molecule has 1 aromatic rings. The minimum atomic E-state index is -0.0487. The Bertz CT molecular complexity index is 526. The van der Waals surface area contributed by atoms with E-state index in [1.165, 1.54) is 0 Å². The number of aliphatic hydroxyl groups is 2. The fraction of sp³-hybridized carbons (Fsp3) is 0.438. The van der Waals surface area contributed by atoms with E-state index in [-0.39, 0.29) is 25.2 Å². The first kappa shape index (κ1) is 14.6. The lowest BCUT2D eigenvalue weighted by molar-refractivity contribution is 0.0707. The molecule has 4 heteroatoms. The van der Waals surface area contributed by atoms with Crippen LogP contribution in [-0.2, 0) is 0 Å². The number of amides is 1. The molecule has 1 aromatic carbocycles. The topological polar surface area (TPSA) is 60.8 Å². The van der Waals surface area contributed by atoms with E-state index in [9.17, 15) is 4.79 Å². The molecule has 0 aliphatic heterocycles. The summed E-state index contributed by atoms with van der Waals surface area (Å²) in [7, 11) is 0. The van der Waals surface area contributed by atoms with Crippen LogP contribution in [-0.4, -0.2) is 46.8 Å². The number of hydrogen-bond acceptors (Lipinski definition) is 3. The van der Waals surface area contributed by atoms with Crippen molar-refractivity contribution in [2.45, 2.75) is 25.3 Å². The molecule has 106 valence electrons. The van der Waals surface area contributed by atoms with E-state index in [2.05, 4.69) is 11.8 Å². The van der Waals surface area contributed by atoms with Crippen LogP contribution in [0.5, 0.6) is 0 Å². The van der Waals surface area contributed by atoms with E-state index in [0.717, 1.165) is 18.4 Å². The number of aliphatic hydroxyl groups excluding tert-OH is 2. The maximum atomic E-state index is 12.4. The predicted octanol–water partition coefficient (Wildman–Crippen LogP) is 1.02. The first-order valence-corrected chi connectivity index (χ1v) is 6.88. The molecule has 0 spiro atoms. The average Bonchev–Trinajstić information content (AvgIpc) is 3.29. The summed E-state index contributed by atoms with van der Waals surface area (Å²) in [6, 6.07) is 7.46. The maximum Gasteiger partial charge on any atom is 0.254 e. The van der Waals surface area contributed by atoms with Crippen LogP contribution in [0, 0.1) is 11.8 Å². The molecule has 0 unspecified atom stereocenters. The second-order valence-electron chi connectivity index (χ2n) is 4.81. The zero-order valence-corrected chi connectivity index (χ0v) is 11.4. The summed E-state index contributed by atoms with van der Waals surface area (Å²) >= 11 is 0. The molecule has 1 aliphatic rings. The van der Waals surface area contributed by atoms with E-state index < -0.39 is 0 Å². The molecule has 1 amide bonds. The molecular weight excluding hydrogens is 254 g/mol. The van der Waals surface area contributed by atoms with Crippen molar-refractivity contribution >= 4 is 5.91 Å². The summed E-state index contributed by atoms with van der Waals surface area (Å²) in [6.45, 7) is 0.403. The number of nitrogens with zero attached hydrogens (tertiary/aromatic N) is 1. The van der Waals surface area contributed by atoms with E-state index in [1.807, 2.05) is 6.07 Å². The van der Waals surface area contributed by atoms with Crippen molar-refractivity contribution < 1.29 is 15.0 Å². The van der Waals surface area contributed by atoms with Gasteiger partial charge < -0.3 is 15.1 Å². The summed E-state index contributed by atoms with van der Waals surface area (Å²) in [5.41, 5.74) is 1.37. The highest BCUT2D eigenvalue weighted by atomic mass is 16.3. The van der Waals surface area contributed by atoms with Gasteiger partial charge in [0.2, 0.25) is 0 Å². The summed E-state index contributed by atoms with van der Waals surface area (Å²) in [4.78, 5) is 14.2. The van der Waals surface area contributed by atoms with E-state index in [1.54, 1.807) is 23.1 Å². The first-order chi connectivity index (χ1) is 9.76. The molecule has 2 N–H and O–H groups in total. The van der Waals surface area contributed by atoms with Gasteiger partial charge in [-0.3, -0.25) is 4.79 Å². The van der Waals surface area contributed by atoms with Gasteiger partial charge in [-0.15, -0.1) is 0 Å². The highest BCUT2D eigenvalue weighted by molar-refractivity contribution is 5.95. The Labute approximate surface area is 119 Å². The molecule has 1 fully saturated rings. The van der Waals surface area contributed by atoms with Gasteiger partial charge in [0.05, 0.1) is 13.2 Å². The van der Waals surface area contributed by atoms with Gasteiger partial charge in [-0.2, -0.15) is 0 Å². The third kappa shape index (κ3) is 3.83. The van der Waals surface area contributed by atoms with Crippen LogP contribution in [0.25, 0.3) is 0 Å². The molecule has 0 atom stereocenters. The Morgan fingerprint density at radius 3 is 2.75 bits per heavy atom. The molecular formula is C16H19NO3. The van der Waals surface area contributed by atoms with Crippen LogP contribution in [0.1, 0.15) is 35.2 Å². The molecule has 1 saturated carbocycles. The van der Waals surface area contributed by atoms with Crippen molar-refractivity contribution in [2.24, 2.45) is 0 Å². The Balaban J connectivity index is 2.13. The van der Waals surface area contributed by atoms with Crippen molar-refractivity contribution in [1.82, 2.24) is 4.90 Å². The fourth-order valence-corrected chi connectivity index (χ4v) is 2.06. The smallest absolute Gasteiger partial charge is 0.254 e. The van der Waals surface area contributed by atoms with E-state index >= 15 is 0 Å². The summed E-state index contributed by atoms with van der Waals surface area (Å²) in [5.74, 6) is 5.72. The third-order valence-electron chi connectivity index (χ3n) is 3.17. The Morgan fingerprint density at radius 2 is 2.10 bits per heavy atom. The predicted molar refractivity (Wildman–Crippen MR) is 76.2 cm³/mol. The van der Waals surface area contributed by atoms with Crippen LogP contribution in [0.2, 0.25) is 0 Å². The zero-order valence-electron chi connectivity index (χ0n) is 11.4. The number of benzene rings is 1. The van der Waals surface area contributed by atoms with Gasteiger partial charge in [0.15, 0.2) is 0 Å². The van der Waals surface area contributed by atoms with Crippen molar-refractivity contribution in [3.8, 4) is 11.8 Å². The molecule has 20 heavy (non-hydrogen) atoms. The normalized spacial score (nSPS) is 13.5. The number of hydrogen-bond donors (Lipinski definition) is 2. The summed E-state index contributed by atoms with van der Waals surface area (Å²) in [5, 5.41) is 17.8. The second-order valence-corrected chi connectivity index (χ2v) is 4.81. The van der Waals surface area contributed by atoms with Crippen LogP contribution < -0.4 is 0 Å². The Morgan fingerprint density at radius 1 is 1.30 bits per heavy atom. The van der Waals surface area contributed by atoms with Gasteiger partial charge in [-0.1, -0.05) is 17.9 Å². The van der Waals surface area contributed by atoms with Gasteiger partial charge in [-0.05, 0) is 31.0 Å². The lowest BCUT2D eigenvalue weighted by atomic mass is 10.1. The second kappa shape index (κ2) is 7.09. The van der Waals surface area contributed by atoms with Gasteiger partial charge in [0.25, 0.3) is 5.91 Å². The van der Waals surface area contributed by atoms with Gasteiger partial charge in [0, 0.05) is 30.1 Å². The zero-order chi connectivity index (χ0) is 14.4. The monoisotopic (exact) mass is 273 g/mol. The average molecular weight is 273 g/mol. The van der Waals surface area contributed by atoms with Crippen molar-refractivity contribution in [3.05, 3.63) is 35.4 Å². The molecule has 0 aromatic heterocycles. The minimum Gasteiger partial charge on any atom is -0.395 e. The van der Waals surface area contributed by atoms with Crippen molar-refractivity contribution in [2.75, 3.05) is 19.8 Å². The van der Waals surface area contributed by atoms with Crippen LogP contribution in [0.15, 0.2) is 24.3 Å². The molecule has 1 aliphatic carbocycles. The summed E-state index contributed by atoms with van der Waals surface area (Å²) in [6.07, 6.45) is 2.46. The first-order valence-electron chi connectivity index (χ1n) is 6.88. The lowest BCUT2D eigenvalue weighted by Gasteiger charge is -2.21. The van der Waals surface area contributed by atoms with Gasteiger partial charge in [-0.25, -0.2) is 0 Å². The molecule has 2 rings (SSSR count). The highest BCUT2D eigenvalue weighted by Gasteiger charge is 2.32. The van der Waals surface area contributed by atoms with Crippen LogP contribution >= 0.6 is 0 Å². The quantitative estimate of drug-likeness (QED) is 0.787. The number of carbonyl (C=O) groups excluding carboxylic acids is 1. The minimum absolute atomic E-state index is 0.0156. The van der Waals surface area contributed by atoms with E-state index in [0.29, 0.717) is 18.5 Å². The molecule has 0 saturated heterocycles.